The Bertz CT molecular complexity index is 1840. The molecule has 378 valence electrons. The van der Waals surface area contributed by atoms with Crippen molar-refractivity contribution in [3.63, 3.8) is 0 Å². The van der Waals surface area contributed by atoms with Crippen molar-refractivity contribution in [2.24, 2.45) is 9.98 Å². The van der Waals surface area contributed by atoms with E-state index in [-0.39, 0.29) is 16.5 Å². The second-order valence-electron chi connectivity index (χ2n) is 18.8. The average molecular weight is 970 g/mol. The maximum absolute atomic E-state index is 10.7. The van der Waals surface area contributed by atoms with E-state index in [1.54, 1.807) is 6.07 Å². The van der Waals surface area contributed by atoms with Crippen LogP contribution >= 0.6 is 0 Å². The van der Waals surface area contributed by atoms with E-state index >= 15 is 0 Å². The SMILES string of the molecule is CCCCCCCCCCCCCCCCC#Cc1cccc(N=CC(CCCCC)=Nc2cccc(C#CCCCCCCCCCCCCCCCC)c2)c1.CCc1ccc([O-])c([O-])c1.[Ni+2]. The first-order valence-electron chi connectivity index (χ1n) is 27.7. The minimum Gasteiger partial charge on any atom is -0.873 e. The van der Waals surface area contributed by atoms with E-state index < -0.39 is 11.5 Å². The Kier molecular flexibility index (Phi) is 41.8. The summed E-state index contributed by atoms with van der Waals surface area (Å²) in [5, 5.41) is 21.3. The first-order valence-corrected chi connectivity index (χ1v) is 27.7. The molecule has 0 N–H and O–H groups in total. The quantitative estimate of drug-likeness (QED) is 0.0252. The predicted octanol–water partition coefficient (Wildman–Crippen LogP) is 18.6. The molecule has 0 amide bonds. The van der Waals surface area contributed by atoms with Gasteiger partial charge in [-0.3, -0.25) is 9.98 Å². The van der Waals surface area contributed by atoms with Gasteiger partial charge >= 0.3 is 16.5 Å². The summed E-state index contributed by atoms with van der Waals surface area (Å²) >= 11 is 0. The van der Waals surface area contributed by atoms with Crippen molar-refractivity contribution in [2.45, 2.75) is 252 Å². The fourth-order valence-electron chi connectivity index (χ4n) is 8.25. The second kappa shape index (κ2) is 45.6. The summed E-state index contributed by atoms with van der Waals surface area (Å²) in [4.78, 5) is 9.91. The van der Waals surface area contributed by atoms with Crippen LogP contribution in [0.3, 0.4) is 0 Å². The van der Waals surface area contributed by atoms with Crippen LogP contribution in [0.25, 0.3) is 0 Å². The molecule has 3 rings (SSSR count). The molecule has 0 aliphatic carbocycles. The van der Waals surface area contributed by atoms with Crippen molar-refractivity contribution in [2.75, 3.05) is 0 Å². The first kappa shape index (κ1) is 62.2. The summed E-state index contributed by atoms with van der Waals surface area (Å²) < 4.78 is 0. The van der Waals surface area contributed by atoms with Crippen molar-refractivity contribution < 1.29 is 26.7 Å². The Balaban J connectivity index is 0.00000185. The normalized spacial score (nSPS) is 11.0. The van der Waals surface area contributed by atoms with E-state index in [1.807, 2.05) is 13.1 Å². The molecule has 0 heterocycles. The summed E-state index contributed by atoms with van der Waals surface area (Å²) in [5.74, 6) is 12.8. The molecule has 0 aliphatic heterocycles. The van der Waals surface area contributed by atoms with Crippen LogP contribution in [0, 0.1) is 23.7 Å². The third-order valence-corrected chi connectivity index (χ3v) is 12.6. The maximum Gasteiger partial charge on any atom is 2.00 e. The van der Waals surface area contributed by atoms with Crippen LogP contribution in [0.5, 0.6) is 11.5 Å². The summed E-state index contributed by atoms with van der Waals surface area (Å²) in [7, 11) is 0. The molecule has 3 aromatic rings. The molecule has 0 radical (unpaired) electrons. The molecule has 0 aromatic heterocycles. The third-order valence-electron chi connectivity index (χ3n) is 12.6. The standard InChI is InChI=1S/C55H86N2.C8H10O2.Ni/c1-4-7-10-12-14-16-18-20-22-24-26-28-30-32-34-37-41-51-43-39-46-53(48-51)56-50-55(45-36-9-6-3)57-54-47-40-44-52(49-54)42-38-35-33-31-29-27-25-23-21-19-17-15-13-11-8-5-2;1-2-6-3-4-7(9)8(10)5-6;/h39-40,43-44,46-50H,4-36,45H2,1-3H3;3-5,9-10H,2H2,1H3;/q;;+2/p-2. The largest absolute Gasteiger partial charge is 2.00 e. The molecule has 0 spiro atoms. The van der Waals surface area contributed by atoms with Gasteiger partial charge in [0.2, 0.25) is 0 Å². The molecule has 0 fully saturated rings. The second-order valence-corrected chi connectivity index (χ2v) is 18.8. The minimum absolute atomic E-state index is 0. The Morgan fingerprint density at radius 2 is 0.838 bits per heavy atom. The number of benzene rings is 3. The van der Waals surface area contributed by atoms with E-state index in [0.29, 0.717) is 0 Å². The number of aliphatic imine (C=N–C) groups is 2. The van der Waals surface area contributed by atoms with E-state index in [4.69, 9.17) is 9.98 Å². The van der Waals surface area contributed by atoms with Crippen LogP contribution in [0.4, 0.5) is 11.4 Å². The van der Waals surface area contributed by atoms with Crippen LogP contribution in [-0.2, 0) is 22.9 Å². The predicted molar refractivity (Wildman–Crippen MR) is 291 cm³/mol. The zero-order chi connectivity index (χ0) is 48.1. The van der Waals surface area contributed by atoms with Crippen molar-refractivity contribution in [3.8, 4) is 35.2 Å². The van der Waals surface area contributed by atoms with Gasteiger partial charge in [-0.15, -0.1) is 11.5 Å². The van der Waals surface area contributed by atoms with Gasteiger partial charge in [-0.1, -0.05) is 261 Å². The molecule has 0 atom stereocenters. The Morgan fingerprint density at radius 1 is 0.441 bits per heavy atom. The molecule has 0 unspecified atom stereocenters. The van der Waals surface area contributed by atoms with Crippen molar-refractivity contribution in [1.82, 2.24) is 0 Å². The van der Waals surface area contributed by atoms with Gasteiger partial charge in [0, 0.05) is 30.2 Å². The molecule has 0 saturated carbocycles. The van der Waals surface area contributed by atoms with E-state index in [0.717, 1.165) is 65.9 Å². The Morgan fingerprint density at radius 3 is 1.26 bits per heavy atom. The van der Waals surface area contributed by atoms with Gasteiger partial charge in [0.15, 0.2) is 0 Å². The molecule has 0 bridgehead atoms. The molecular weight excluding hydrogens is 875 g/mol. The Hall–Kier alpha value is -3.79. The van der Waals surface area contributed by atoms with Gasteiger partial charge in [0.25, 0.3) is 0 Å². The van der Waals surface area contributed by atoms with Crippen LogP contribution in [0.15, 0.2) is 76.7 Å². The number of hydrogen-bond acceptors (Lipinski definition) is 4. The zero-order valence-electron chi connectivity index (χ0n) is 43.7. The molecule has 4 nitrogen and oxygen atoms in total. The summed E-state index contributed by atoms with van der Waals surface area (Å²) in [6.07, 6.45) is 48.0. The summed E-state index contributed by atoms with van der Waals surface area (Å²) in [5.41, 5.74) is 5.92. The van der Waals surface area contributed by atoms with Gasteiger partial charge in [-0.05, 0) is 74.1 Å². The number of unbranched alkanes of at least 4 members (excludes halogenated alkanes) is 30. The number of nitrogens with zero attached hydrogens (tertiary/aromatic N) is 2. The van der Waals surface area contributed by atoms with Gasteiger partial charge in [0.1, 0.15) is 0 Å². The topological polar surface area (TPSA) is 70.8 Å². The first-order chi connectivity index (χ1) is 33.0. The van der Waals surface area contributed by atoms with E-state index in [1.165, 1.54) is 205 Å². The molecular formula is C63H94N2NiO2. The zero-order valence-corrected chi connectivity index (χ0v) is 44.7. The number of aryl methyl sites for hydroxylation is 1. The molecule has 0 aliphatic rings. The van der Waals surface area contributed by atoms with Crippen molar-refractivity contribution in [1.29, 1.82) is 0 Å². The summed E-state index contributed by atoms with van der Waals surface area (Å²) in [6, 6.07) is 21.1. The molecule has 5 heteroatoms. The van der Waals surface area contributed by atoms with Crippen LogP contribution < -0.4 is 10.2 Å². The van der Waals surface area contributed by atoms with E-state index in [9.17, 15) is 10.2 Å². The molecule has 0 saturated heterocycles. The van der Waals surface area contributed by atoms with Crippen molar-refractivity contribution in [3.05, 3.63) is 83.4 Å². The minimum atomic E-state index is -0.419. The van der Waals surface area contributed by atoms with Crippen LogP contribution in [0.1, 0.15) is 263 Å². The monoisotopic (exact) mass is 969 g/mol. The van der Waals surface area contributed by atoms with Gasteiger partial charge in [-0.25, -0.2) is 0 Å². The van der Waals surface area contributed by atoms with E-state index in [2.05, 4.69) is 93.0 Å². The maximum atomic E-state index is 10.7. The molecule has 3 aromatic carbocycles. The fourth-order valence-corrected chi connectivity index (χ4v) is 8.25. The average Bonchev–Trinajstić information content (AvgIpc) is 3.34. The van der Waals surface area contributed by atoms with Gasteiger partial charge < -0.3 is 10.2 Å². The fraction of sp³-hybridized carbons (Fsp3) is 0.619. The smallest absolute Gasteiger partial charge is 0.873 e. The summed E-state index contributed by atoms with van der Waals surface area (Å²) in [6.45, 7) is 8.78. The van der Waals surface area contributed by atoms with Crippen molar-refractivity contribution >= 4 is 23.3 Å². The number of rotatable bonds is 36. The van der Waals surface area contributed by atoms with Gasteiger partial charge in [-0.2, -0.15) is 0 Å². The van der Waals surface area contributed by atoms with Gasteiger partial charge in [0.05, 0.1) is 17.1 Å². The molecule has 68 heavy (non-hydrogen) atoms. The van der Waals surface area contributed by atoms with Crippen LogP contribution in [-0.4, -0.2) is 11.9 Å². The Labute approximate surface area is 428 Å². The third kappa shape index (κ3) is 35.3. The number of hydrogen-bond donors (Lipinski definition) is 0. The van der Waals surface area contributed by atoms with Crippen LogP contribution in [0.2, 0.25) is 0 Å².